The standard InChI is InChI=1S/C18H20N6O/c1-13(18-21-22-23-24(18)16-6-4-3-5-7-16)20-15-10-8-14(9-11-15)12-17(25)19-2/h3-11,13,20H,12H2,1-2H3,(H,19,25)/t13-/m1/s1. The molecule has 0 aliphatic carbocycles. The lowest BCUT2D eigenvalue weighted by atomic mass is 10.1. The molecule has 0 radical (unpaired) electrons. The summed E-state index contributed by atoms with van der Waals surface area (Å²) in [4.78, 5) is 11.4. The second-order valence-corrected chi connectivity index (χ2v) is 5.70. The number of hydrogen-bond acceptors (Lipinski definition) is 5. The van der Waals surface area contributed by atoms with E-state index in [1.807, 2.05) is 61.5 Å². The van der Waals surface area contributed by atoms with Gasteiger partial charge in [-0.3, -0.25) is 4.79 Å². The number of likely N-dealkylation sites (N-methyl/N-ethyl adjacent to an activating group) is 1. The summed E-state index contributed by atoms with van der Waals surface area (Å²) < 4.78 is 1.72. The zero-order chi connectivity index (χ0) is 17.6. The van der Waals surface area contributed by atoms with Crippen molar-refractivity contribution in [3.63, 3.8) is 0 Å². The van der Waals surface area contributed by atoms with Crippen LogP contribution in [-0.2, 0) is 11.2 Å². The number of carbonyl (C=O) groups is 1. The fraction of sp³-hybridized carbons (Fsp3) is 0.222. The van der Waals surface area contributed by atoms with Gasteiger partial charge in [0.15, 0.2) is 5.82 Å². The monoisotopic (exact) mass is 336 g/mol. The van der Waals surface area contributed by atoms with E-state index in [0.717, 1.165) is 22.8 Å². The minimum atomic E-state index is -0.0833. The van der Waals surface area contributed by atoms with Crippen molar-refractivity contribution in [2.45, 2.75) is 19.4 Å². The van der Waals surface area contributed by atoms with E-state index in [1.165, 1.54) is 0 Å². The maximum absolute atomic E-state index is 11.4. The van der Waals surface area contributed by atoms with Crippen molar-refractivity contribution in [1.29, 1.82) is 0 Å². The molecule has 7 heteroatoms. The molecule has 0 saturated heterocycles. The molecule has 3 aromatic rings. The molecule has 0 aliphatic rings. The number of benzene rings is 2. The van der Waals surface area contributed by atoms with E-state index in [2.05, 4.69) is 26.2 Å². The van der Waals surface area contributed by atoms with E-state index in [-0.39, 0.29) is 11.9 Å². The van der Waals surface area contributed by atoms with Gasteiger partial charge in [0.25, 0.3) is 0 Å². The molecule has 0 saturated carbocycles. The first-order valence-corrected chi connectivity index (χ1v) is 8.07. The van der Waals surface area contributed by atoms with Gasteiger partial charge in [-0.2, -0.15) is 4.68 Å². The number of tetrazole rings is 1. The topological polar surface area (TPSA) is 84.7 Å². The van der Waals surface area contributed by atoms with E-state index < -0.39 is 0 Å². The summed E-state index contributed by atoms with van der Waals surface area (Å²) in [7, 11) is 1.64. The van der Waals surface area contributed by atoms with Gasteiger partial charge in [0, 0.05) is 12.7 Å². The Balaban J connectivity index is 1.72. The maximum atomic E-state index is 11.4. The number of nitrogens with zero attached hydrogens (tertiary/aromatic N) is 4. The minimum Gasteiger partial charge on any atom is -0.375 e. The third-order valence-electron chi connectivity index (χ3n) is 3.86. The molecule has 0 fully saturated rings. The van der Waals surface area contributed by atoms with Gasteiger partial charge in [-0.25, -0.2) is 0 Å². The van der Waals surface area contributed by atoms with Crippen molar-refractivity contribution in [3.8, 4) is 5.69 Å². The van der Waals surface area contributed by atoms with Gasteiger partial charge in [0.1, 0.15) is 0 Å². The van der Waals surface area contributed by atoms with Crippen LogP contribution in [0.5, 0.6) is 0 Å². The molecule has 2 aromatic carbocycles. The molecule has 1 aromatic heterocycles. The van der Waals surface area contributed by atoms with Crippen LogP contribution >= 0.6 is 0 Å². The normalized spacial score (nSPS) is 11.8. The van der Waals surface area contributed by atoms with Crippen molar-refractivity contribution >= 4 is 11.6 Å². The molecule has 7 nitrogen and oxygen atoms in total. The maximum Gasteiger partial charge on any atom is 0.224 e. The number of hydrogen-bond donors (Lipinski definition) is 2. The lowest BCUT2D eigenvalue weighted by Crippen LogP contribution is -2.19. The largest absolute Gasteiger partial charge is 0.375 e. The number of nitrogens with one attached hydrogen (secondary N) is 2. The predicted octanol–water partition coefficient (Wildman–Crippen LogP) is 2.12. The SMILES string of the molecule is CNC(=O)Cc1ccc(N[C@H](C)c2nnnn2-c2ccccc2)cc1. The quantitative estimate of drug-likeness (QED) is 0.720. The van der Waals surface area contributed by atoms with Crippen LogP contribution in [0.3, 0.4) is 0 Å². The van der Waals surface area contributed by atoms with Crippen molar-refractivity contribution in [1.82, 2.24) is 25.5 Å². The van der Waals surface area contributed by atoms with Crippen molar-refractivity contribution < 1.29 is 4.79 Å². The molecule has 0 aliphatic heterocycles. The van der Waals surface area contributed by atoms with Crippen LogP contribution < -0.4 is 10.6 Å². The van der Waals surface area contributed by atoms with Crippen LogP contribution in [0.4, 0.5) is 5.69 Å². The van der Waals surface area contributed by atoms with Gasteiger partial charge in [-0.1, -0.05) is 30.3 Å². The molecule has 0 unspecified atom stereocenters. The summed E-state index contributed by atoms with van der Waals surface area (Å²) in [5.74, 6) is 0.719. The van der Waals surface area contributed by atoms with Crippen molar-refractivity contribution in [2.24, 2.45) is 0 Å². The highest BCUT2D eigenvalue weighted by Crippen LogP contribution is 2.19. The second-order valence-electron chi connectivity index (χ2n) is 5.70. The van der Waals surface area contributed by atoms with Crippen LogP contribution in [0.2, 0.25) is 0 Å². The molecular weight excluding hydrogens is 316 g/mol. The number of aromatic nitrogens is 4. The molecular formula is C18H20N6O. The summed E-state index contributed by atoms with van der Waals surface area (Å²) in [5.41, 5.74) is 2.82. The Bertz CT molecular complexity index is 828. The fourth-order valence-electron chi connectivity index (χ4n) is 2.52. The lowest BCUT2D eigenvalue weighted by molar-refractivity contribution is -0.119. The fourth-order valence-corrected chi connectivity index (χ4v) is 2.52. The Morgan fingerprint density at radius 3 is 2.52 bits per heavy atom. The summed E-state index contributed by atoms with van der Waals surface area (Å²) in [5, 5.41) is 18.0. The summed E-state index contributed by atoms with van der Waals surface area (Å²) >= 11 is 0. The molecule has 25 heavy (non-hydrogen) atoms. The van der Waals surface area contributed by atoms with Gasteiger partial charge in [-0.15, -0.1) is 5.10 Å². The molecule has 0 bridgehead atoms. The first kappa shape index (κ1) is 16.6. The van der Waals surface area contributed by atoms with E-state index >= 15 is 0 Å². The summed E-state index contributed by atoms with van der Waals surface area (Å²) in [6, 6.07) is 17.5. The van der Waals surface area contributed by atoms with Gasteiger partial charge >= 0.3 is 0 Å². The average Bonchev–Trinajstić information content (AvgIpc) is 3.14. The number of amides is 1. The van der Waals surface area contributed by atoms with E-state index in [1.54, 1.807) is 11.7 Å². The van der Waals surface area contributed by atoms with Crippen LogP contribution in [-0.4, -0.2) is 33.2 Å². The van der Waals surface area contributed by atoms with Gasteiger partial charge < -0.3 is 10.6 Å². The Morgan fingerprint density at radius 2 is 1.84 bits per heavy atom. The van der Waals surface area contributed by atoms with Gasteiger partial charge in [0.05, 0.1) is 18.2 Å². The molecule has 1 atom stereocenters. The lowest BCUT2D eigenvalue weighted by Gasteiger charge is -2.15. The minimum absolute atomic E-state index is 0.00360. The zero-order valence-electron chi connectivity index (χ0n) is 14.2. The van der Waals surface area contributed by atoms with Gasteiger partial charge in [0.2, 0.25) is 5.91 Å². The number of carbonyl (C=O) groups excluding carboxylic acids is 1. The molecule has 1 amide bonds. The van der Waals surface area contributed by atoms with Crippen LogP contribution in [0.1, 0.15) is 24.4 Å². The third-order valence-corrected chi connectivity index (χ3v) is 3.86. The summed E-state index contributed by atoms with van der Waals surface area (Å²) in [6.07, 6.45) is 0.374. The molecule has 2 N–H and O–H groups in total. The van der Waals surface area contributed by atoms with E-state index in [9.17, 15) is 4.79 Å². The van der Waals surface area contributed by atoms with E-state index in [4.69, 9.17) is 0 Å². The van der Waals surface area contributed by atoms with Crippen molar-refractivity contribution in [3.05, 3.63) is 66.0 Å². The Morgan fingerprint density at radius 1 is 1.12 bits per heavy atom. The van der Waals surface area contributed by atoms with Gasteiger partial charge in [-0.05, 0) is 47.2 Å². The smallest absolute Gasteiger partial charge is 0.224 e. The number of anilines is 1. The van der Waals surface area contributed by atoms with Crippen LogP contribution in [0.25, 0.3) is 5.69 Å². The first-order chi connectivity index (χ1) is 12.2. The highest BCUT2D eigenvalue weighted by Gasteiger charge is 2.15. The summed E-state index contributed by atoms with van der Waals surface area (Å²) in [6.45, 7) is 2.00. The molecule has 1 heterocycles. The Labute approximate surface area is 146 Å². The Hall–Kier alpha value is -3.22. The molecule has 128 valence electrons. The average molecular weight is 336 g/mol. The predicted molar refractivity (Wildman–Crippen MR) is 95.4 cm³/mol. The zero-order valence-corrected chi connectivity index (χ0v) is 14.2. The molecule has 0 spiro atoms. The highest BCUT2D eigenvalue weighted by molar-refractivity contribution is 5.78. The molecule has 3 rings (SSSR count). The van der Waals surface area contributed by atoms with Crippen molar-refractivity contribution in [2.75, 3.05) is 12.4 Å². The van der Waals surface area contributed by atoms with Crippen LogP contribution in [0.15, 0.2) is 54.6 Å². The third kappa shape index (κ3) is 4.00. The highest BCUT2D eigenvalue weighted by atomic mass is 16.1. The second kappa shape index (κ2) is 7.57. The van der Waals surface area contributed by atoms with E-state index in [0.29, 0.717) is 6.42 Å². The first-order valence-electron chi connectivity index (χ1n) is 8.07. The number of para-hydroxylation sites is 1. The van der Waals surface area contributed by atoms with Crippen LogP contribution in [0, 0.1) is 0 Å². The Kier molecular flexibility index (Phi) is 5.03. The number of rotatable bonds is 6.